The van der Waals surface area contributed by atoms with E-state index >= 15 is 0 Å². The van der Waals surface area contributed by atoms with Crippen LogP contribution in [0.15, 0.2) is 72.3 Å². The van der Waals surface area contributed by atoms with Crippen LogP contribution in [-0.2, 0) is 20.9 Å². The van der Waals surface area contributed by atoms with E-state index in [1.807, 2.05) is 50.2 Å². The number of methoxy groups -OCH3 is 2. The number of hydrogen-bond acceptors (Lipinski definition) is 7. The zero-order valence-corrected chi connectivity index (χ0v) is 23.3. The van der Waals surface area contributed by atoms with Gasteiger partial charge in [-0.3, -0.25) is 9.59 Å². The van der Waals surface area contributed by atoms with Crippen molar-refractivity contribution in [2.75, 3.05) is 34.0 Å². The molecule has 1 aliphatic heterocycles. The van der Waals surface area contributed by atoms with Gasteiger partial charge in [0.1, 0.15) is 18.1 Å². The molecule has 8 heteroatoms. The third kappa shape index (κ3) is 6.13. The lowest BCUT2D eigenvalue weighted by atomic mass is 9.93. The van der Waals surface area contributed by atoms with Gasteiger partial charge in [-0.15, -0.1) is 0 Å². The van der Waals surface area contributed by atoms with Crippen LogP contribution in [0.4, 0.5) is 0 Å². The Hall–Kier alpha value is -4.30. The number of amides is 1. The zero-order valence-electron chi connectivity index (χ0n) is 23.3. The Morgan fingerprint density at radius 3 is 2.40 bits per heavy atom. The van der Waals surface area contributed by atoms with Crippen LogP contribution in [0.25, 0.3) is 5.76 Å². The van der Waals surface area contributed by atoms with Crippen molar-refractivity contribution in [3.05, 3.63) is 94.6 Å². The summed E-state index contributed by atoms with van der Waals surface area (Å²) in [5.41, 5.74) is 2.83. The fourth-order valence-corrected chi connectivity index (χ4v) is 4.84. The van der Waals surface area contributed by atoms with Gasteiger partial charge < -0.3 is 29.0 Å². The van der Waals surface area contributed by atoms with E-state index in [1.165, 1.54) is 12.0 Å². The number of Topliss-reactive ketones (excluding diaryl/α,β-unsaturated/α-hetero) is 1. The molecule has 8 nitrogen and oxygen atoms in total. The molecule has 0 aliphatic carbocycles. The van der Waals surface area contributed by atoms with Gasteiger partial charge in [0.05, 0.1) is 25.3 Å². The van der Waals surface area contributed by atoms with E-state index in [0.29, 0.717) is 60.2 Å². The fraction of sp³-hybridized carbons (Fsp3) is 0.312. The molecule has 40 heavy (non-hydrogen) atoms. The van der Waals surface area contributed by atoms with Crippen molar-refractivity contribution in [1.29, 1.82) is 0 Å². The molecule has 1 N–H and O–H groups in total. The van der Waals surface area contributed by atoms with E-state index < -0.39 is 17.7 Å². The van der Waals surface area contributed by atoms with Gasteiger partial charge in [-0.25, -0.2) is 0 Å². The van der Waals surface area contributed by atoms with Crippen molar-refractivity contribution in [3.8, 4) is 17.2 Å². The lowest BCUT2D eigenvalue weighted by Gasteiger charge is -2.26. The average Bonchev–Trinajstić information content (AvgIpc) is 3.22. The molecule has 4 rings (SSSR count). The minimum atomic E-state index is -0.810. The number of aliphatic hydroxyl groups excluding tert-OH is 1. The molecule has 0 bridgehead atoms. The van der Waals surface area contributed by atoms with Crippen LogP contribution in [0.2, 0.25) is 0 Å². The Labute approximate surface area is 234 Å². The molecule has 0 aromatic heterocycles. The van der Waals surface area contributed by atoms with E-state index in [0.717, 1.165) is 5.56 Å². The molecule has 0 radical (unpaired) electrons. The number of carbonyl (C=O) groups excluding carboxylic acids is 2. The number of hydrogen-bond donors (Lipinski definition) is 1. The standard InChI is InChI=1S/C32H35NO7/c1-5-39-26-15-12-23(19-27(26)38-4)29-28(31(35)32(36)33(29)16-9-17-37-3)30(34)25-14-13-24(18-21(25)2)40-20-22-10-7-6-8-11-22/h6-8,10-15,18-19,29,34H,5,9,16-17,20H2,1-4H3/t29-/m0/s1. The van der Waals surface area contributed by atoms with Gasteiger partial charge in [0.25, 0.3) is 11.7 Å². The zero-order chi connectivity index (χ0) is 28.6. The minimum absolute atomic E-state index is 0.0229. The molecule has 0 unspecified atom stereocenters. The second kappa shape index (κ2) is 13.2. The molecular formula is C32H35NO7. The molecule has 1 amide bonds. The SMILES string of the molecule is CCOc1ccc([C@H]2C(=C(O)c3ccc(OCc4ccccc4)cc3C)C(=O)C(=O)N2CCCOC)cc1OC. The first-order chi connectivity index (χ1) is 19.4. The number of carbonyl (C=O) groups is 2. The predicted molar refractivity (Wildman–Crippen MR) is 152 cm³/mol. The summed E-state index contributed by atoms with van der Waals surface area (Å²) in [7, 11) is 3.11. The van der Waals surface area contributed by atoms with Crippen molar-refractivity contribution in [1.82, 2.24) is 4.90 Å². The van der Waals surface area contributed by atoms with Crippen LogP contribution < -0.4 is 14.2 Å². The highest BCUT2D eigenvalue weighted by molar-refractivity contribution is 6.46. The molecule has 1 saturated heterocycles. The van der Waals surface area contributed by atoms with E-state index in [1.54, 1.807) is 37.4 Å². The molecule has 3 aromatic rings. The third-order valence-electron chi connectivity index (χ3n) is 6.79. The number of ether oxygens (including phenoxy) is 4. The number of nitrogens with zero attached hydrogens (tertiary/aromatic N) is 1. The van der Waals surface area contributed by atoms with E-state index in [9.17, 15) is 14.7 Å². The summed E-state index contributed by atoms with van der Waals surface area (Å²) >= 11 is 0. The normalized spacial score (nSPS) is 16.3. The molecule has 0 saturated carbocycles. The van der Waals surface area contributed by atoms with Gasteiger partial charge in [0.2, 0.25) is 0 Å². The highest BCUT2D eigenvalue weighted by Crippen LogP contribution is 2.42. The number of ketones is 1. The molecule has 1 heterocycles. The molecule has 0 spiro atoms. The van der Waals surface area contributed by atoms with Crippen LogP contribution in [0.1, 0.15) is 41.6 Å². The number of likely N-dealkylation sites (tertiary alicyclic amines) is 1. The number of rotatable bonds is 12. The summed E-state index contributed by atoms with van der Waals surface area (Å²) in [6, 6.07) is 19.5. The summed E-state index contributed by atoms with van der Waals surface area (Å²) in [6.45, 7) is 5.26. The monoisotopic (exact) mass is 545 g/mol. The van der Waals surface area contributed by atoms with Crippen molar-refractivity contribution < 1.29 is 33.6 Å². The van der Waals surface area contributed by atoms with Gasteiger partial charge >= 0.3 is 0 Å². The molecule has 1 atom stereocenters. The average molecular weight is 546 g/mol. The van der Waals surface area contributed by atoms with Crippen LogP contribution >= 0.6 is 0 Å². The van der Waals surface area contributed by atoms with Gasteiger partial charge in [-0.05, 0) is 67.3 Å². The van der Waals surface area contributed by atoms with Crippen molar-refractivity contribution in [2.45, 2.75) is 32.9 Å². The summed E-state index contributed by atoms with van der Waals surface area (Å²) in [5, 5.41) is 11.5. The smallest absolute Gasteiger partial charge is 0.295 e. The molecule has 1 aliphatic rings. The second-order valence-corrected chi connectivity index (χ2v) is 9.43. The van der Waals surface area contributed by atoms with Gasteiger partial charge in [0.15, 0.2) is 11.5 Å². The van der Waals surface area contributed by atoms with Gasteiger partial charge in [-0.2, -0.15) is 0 Å². The predicted octanol–water partition coefficient (Wildman–Crippen LogP) is 5.44. The Balaban J connectivity index is 1.73. The molecular weight excluding hydrogens is 510 g/mol. The lowest BCUT2D eigenvalue weighted by molar-refractivity contribution is -0.140. The van der Waals surface area contributed by atoms with E-state index in [4.69, 9.17) is 18.9 Å². The van der Waals surface area contributed by atoms with Crippen molar-refractivity contribution in [2.24, 2.45) is 0 Å². The maximum absolute atomic E-state index is 13.4. The Morgan fingerprint density at radius 1 is 0.950 bits per heavy atom. The summed E-state index contributed by atoms with van der Waals surface area (Å²) < 4.78 is 22.3. The number of benzene rings is 3. The Kier molecular flexibility index (Phi) is 9.45. The molecule has 1 fully saturated rings. The van der Waals surface area contributed by atoms with Gasteiger partial charge in [0, 0.05) is 25.8 Å². The number of aliphatic hydroxyl groups is 1. The maximum Gasteiger partial charge on any atom is 0.295 e. The van der Waals surface area contributed by atoms with Crippen LogP contribution in [0, 0.1) is 6.92 Å². The van der Waals surface area contributed by atoms with Crippen molar-refractivity contribution >= 4 is 17.4 Å². The summed E-state index contributed by atoms with van der Waals surface area (Å²) in [6.07, 6.45) is 0.528. The topological polar surface area (TPSA) is 94.5 Å². The number of aryl methyl sites for hydroxylation is 1. The molecule has 3 aromatic carbocycles. The quantitative estimate of drug-likeness (QED) is 0.140. The minimum Gasteiger partial charge on any atom is -0.507 e. The summed E-state index contributed by atoms with van der Waals surface area (Å²) in [5.74, 6) is 0.000708. The first-order valence-electron chi connectivity index (χ1n) is 13.2. The van der Waals surface area contributed by atoms with Gasteiger partial charge in [-0.1, -0.05) is 36.4 Å². The van der Waals surface area contributed by atoms with Crippen LogP contribution in [0.3, 0.4) is 0 Å². The van der Waals surface area contributed by atoms with Crippen LogP contribution in [-0.4, -0.2) is 55.7 Å². The van der Waals surface area contributed by atoms with E-state index in [2.05, 4.69) is 0 Å². The second-order valence-electron chi connectivity index (χ2n) is 9.43. The Bertz CT molecular complexity index is 1380. The van der Waals surface area contributed by atoms with Crippen molar-refractivity contribution in [3.63, 3.8) is 0 Å². The van der Waals surface area contributed by atoms with E-state index in [-0.39, 0.29) is 17.9 Å². The summed E-state index contributed by atoms with van der Waals surface area (Å²) in [4.78, 5) is 28.1. The first-order valence-corrected chi connectivity index (χ1v) is 13.2. The fourth-order valence-electron chi connectivity index (χ4n) is 4.84. The first kappa shape index (κ1) is 28.7. The highest BCUT2D eigenvalue weighted by atomic mass is 16.5. The van der Waals surface area contributed by atoms with Crippen LogP contribution in [0.5, 0.6) is 17.2 Å². The largest absolute Gasteiger partial charge is 0.507 e. The third-order valence-corrected chi connectivity index (χ3v) is 6.79. The highest BCUT2D eigenvalue weighted by Gasteiger charge is 2.46. The lowest BCUT2D eigenvalue weighted by Crippen LogP contribution is -2.31. The molecule has 210 valence electrons. The maximum atomic E-state index is 13.4. The Morgan fingerprint density at radius 2 is 1.73 bits per heavy atom.